The first-order chi connectivity index (χ1) is 6.75. The van der Waals surface area contributed by atoms with Crippen LogP contribution in [0.15, 0.2) is 0 Å². The minimum atomic E-state index is 0.225. The van der Waals surface area contributed by atoms with Gasteiger partial charge in [-0.15, -0.1) is 0 Å². The van der Waals surface area contributed by atoms with Crippen molar-refractivity contribution >= 4 is 0 Å². The molecule has 1 aliphatic rings. The standard InChI is InChI=1S/C12H25NO/c1-3-14-10(2)12(13)11-8-6-4-5-7-9-11/h10-12H,3-9,13H2,1-2H3. The molecule has 0 aromatic heterocycles. The SMILES string of the molecule is CCOC(C)C(N)C1CCCCCC1. The Balaban J connectivity index is 2.36. The molecule has 0 bridgehead atoms. The van der Waals surface area contributed by atoms with E-state index in [0.717, 1.165) is 6.61 Å². The summed E-state index contributed by atoms with van der Waals surface area (Å²) < 4.78 is 5.57. The molecule has 1 rings (SSSR count). The van der Waals surface area contributed by atoms with E-state index >= 15 is 0 Å². The molecule has 0 radical (unpaired) electrons. The van der Waals surface area contributed by atoms with Crippen LogP contribution in [-0.4, -0.2) is 18.8 Å². The number of hydrogen-bond donors (Lipinski definition) is 1. The van der Waals surface area contributed by atoms with Gasteiger partial charge in [-0.05, 0) is 32.6 Å². The van der Waals surface area contributed by atoms with Gasteiger partial charge in [-0.3, -0.25) is 0 Å². The summed E-state index contributed by atoms with van der Waals surface area (Å²) in [5, 5.41) is 0. The lowest BCUT2D eigenvalue weighted by Gasteiger charge is -2.27. The number of nitrogens with two attached hydrogens (primary N) is 1. The molecule has 14 heavy (non-hydrogen) atoms. The van der Waals surface area contributed by atoms with Crippen molar-refractivity contribution in [3.63, 3.8) is 0 Å². The van der Waals surface area contributed by atoms with Crippen molar-refractivity contribution in [2.45, 2.75) is 64.5 Å². The predicted octanol–water partition coefficient (Wildman–Crippen LogP) is 2.71. The van der Waals surface area contributed by atoms with Crippen LogP contribution in [0, 0.1) is 5.92 Å². The van der Waals surface area contributed by atoms with Gasteiger partial charge in [-0.1, -0.05) is 25.7 Å². The first kappa shape index (κ1) is 12.0. The average molecular weight is 199 g/mol. The molecule has 2 N–H and O–H groups in total. The highest BCUT2D eigenvalue weighted by molar-refractivity contribution is 4.80. The third-order valence-electron chi connectivity index (χ3n) is 3.42. The van der Waals surface area contributed by atoms with Gasteiger partial charge in [0.15, 0.2) is 0 Å². The molecule has 84 valence electrons. The van der Waals surface area contributed by atoms with E-state index in [2.05, 4.69) is 6.92 Å². The summed E-state index contributed by atoms with van der Waals surface area (Å²) in [6.45, 7) is 4.93. The summed E-state index contributed by atoms with van der Waals surface area (Å²) in [5.74, 6) is 0.694. The molecular weight excluding hydrogens is 174 g/mol. The van der Waals surface area contributed by atoms with Crippen LogP contribution in [0.3, 0.4) is 0 Å². The van der Waals surface area contributed by atoms with Gasteiger partial charge < -0.3 is 10.5 Å². The first-order valence-electron chi connectivity index (χ1n) is 6.13. The summed E-state index contributed by atoms with van der Waals surface area (Å²) in [6, 6.07) is 0.244. The van der Waals surface area contributed by atoms with Crippen molar-refractivity contribution in [2.24, 2.45) is 11.7 Å². The fourth-order valence-corrected chi connectivity index (χ4v) is 2.45. The Morgan fingerprint density at radius 1 is 1.21 bits per heavy atom. The van der Waals surface area contributed by atoms with E-state index < -0.39 is 0 Å². The van der Waals surface area contributed by atoms with E-state index in [9.17, 15) is 0 Å². The maximum atomic E-state index is 6.22. The second-order valence-corrected chi connectivity index (χ2v) is 4.49. The van der Waals surface area contributed by atoms with Crippen LogP contribution < -0.4 is 5.73 Å². The Morgan fingerprint density at radius 3 is 2.29 bits per heavy atom. The average Bonchev–Trinajstić information content (AvgIpc) is 2.45. The summed E-state index contributed by atoms with van der Waals surface area (Å²) >= 11 is 0. The van der Waals surface area contributed by atoms with Crippen LogP contribution in [0.4, 0.5) is 0 Å². The molecule has 2 unspecified atom stereocenters. The molecule has 2 nitrogen and oxygen atoms in total. The maximum Gasteiger partial charge on any atom is 0.0700 e. The lowest BCUT2D eigenvalue weighted by atomic mass is 9.89. The molecule has 0 heterocycles. The van der Waals surface area contributed by atoms with Crippen LogP contribution in [0.2, 0.25) is 0 Å². The van der Waals surface area contributed by atoms with E-state index in [0.29, 0.717) is 5.92 Å². The normalized spacial score (nSPS) is 24.2. The molecule has 0 aromatic rings. The van der Waals surface area contributed by atoms with E-state index in [-0.39, 0.29) is 12.1 Å². The molecule has 0 saturated heterocycles. The van der Waals surface area contributed by atoms with Crippen LogP contribution in [0.5, 0.6) is 0 Å². The van der Waals surface area contributed by atoms with Gasteiger partial charge in [-0.25, -0.2) is 0 Å². The lowest BCUT2D eigenvalue weighted by Crippen LogP contribution is -2.41. The molecule has 1 saturated carbocycles. The van der Waals surface area contributed by atoms with Crippen molar-refractivity contribution in [3.05, 3.63) is 0 Å². The fraction of sp³-hybridized carbons (Fsp3) is 1.00. The second-order valence-electron chi connectivity index (χ2n) is 4.49. The van der Waals surface area contributed by atoms with Gasteiger partial charge >= 0.3 is 0 Å². The van der Waals surface area contributed by atoms with E-state index in [1.165, 1.54) is 38.5 Å². The third-order valence-corrected chi connectivity index (χ3v) is 3.42. The minimum absolute atomic E-state index is 0.225. The zero-order valence-corrected chi connectivity index (χ0v) is 9.67. The minimum Gasteiger partial charge on any atom is -0.377 e. The van der Waals surface area contributed by atoms with Crippen molar-refractivity contribution in [2.75, 3.05) is 6.61 Å². The Morgan fingerprint density at radius 2 is 1.79 bits per heavy atom. The lowest BCUT2D eigenvalue weighted by molar-refractivity contribution is 0.0397. The predicted molar refractivity (Wildman–Crippen MR) is 60.3 cm³/mol. The fourth-order valence-electron chi connectivity index (χ4n) is 2.45. The Bertz CT molecular complexity index is 141. The van der Waals surface area contributed by atoms with Gasteiger partial charge in [0.05, 0.1) is 6.10 Å². The largest absolute Gasteiger partial charge is 0.377 e. The van der Waals surface area contributed by atoms with Crippen LogP contribution in [0.1, 0.15) is 52.4 Å². The monoisotopic (exact) mass is 199 g/mol. The van der Waals surface area contributed by atoms with Gasteiger partial charge in [0.25, 0.3) is 0 Å². The molecule has 2 atom stereocenters. The summed E-state index contributed by atoms with van der Waals surface area (Å²) in [6.07, 6.45) is 8.34. The van der Waals surface area contributed by atoms with Gasteiger partial charge in [0.2, 0.25) is 0 Å². The third kappa shape index (κ3) is 3.58. The zero-order chi connectivity index (χ0) is 10.4. The number of ether oxygens (including phenoxy) is 1. The number of hydrogen-bond acceptors (Lipinski definition) is 2. The highest BCUT2D eigenvalue weighted by Crippen LogP contribution is 2.26. The molecule has 0 aliphatic heterocycles. The van der Waals surface area contributed by atoms with Crippen LogP contribution in [0.25, 0.3) is 0 Å². The molecular formula is C12H25NO. The molecule has 1 aliphatic carbocycles. The van der Waals surface area contributed by atoms with Crippen molar-refractivity contribution in [1.29, 1.82) is 0 Å². The van der Waals surface area contributed by atoms with Crippen molar-refractivity contribution in [3.8, 4) is 0 Å². The second kappa shape index (κ2) is 6.41. The maximum absolute atomic E-state index is 6.22. The molecule has 1 fully saturated rings. The highest BCUT2D eigenvalue weighted by atomic mass is 16.5. The quantitative estimate of drug-likeness (QED) is 0.707. The topological polar surface area (TPSA) is 35.2 Å². The van der Waals surface area contributed by atoms with Gasteiger partial charge in [-0.2, -0.15) is 0 Å². The van der Waals surface area contributed by atoms with E-state index in [1.54, 1.807) is 0 Å². The van der Waals surface area contributed by atoms with Crippen LogP contribution in [-0.2, 0) is 4.74 Å². The van der Waals surface area contributed by atoms with Gasteiger partial charge in [0, 0.05) is 12.6 Å². The number of rotatable bonds is 4. The molecule has 0 amide bonds. The Kier molecular flexibility index (Phi) is 5.49. The molecule has 0 spiro atoms. The van der Waals surface area contributed by atoms with Crippen molar-refractivity contribution in [1.82, 2.24) is 0 Å². The summed E-state index contributed by atoms with van der Waals surface area (Å²) in [4.78, 5) is 0. The van der Waals surface area contributed by atoms with Crippen LogP contribution >= 0.6 is 0 Å². The summed E-state index contributed by atoms with van der Waals surface area (Å²) in [5.41, 5.74) is 6.22. The Hall–Kier alpha value is -0.0800. The van der Waals surface area contributed by atoms with E-state index in [4.69, 9.17) is 10.5 Å². The molecule has 2 heteroatoms. The van der Waals surface area contributed by atoms with Gasteiger partial charge in [0.1, 0.15) is 0 Å². The smallest absolute Gasteiger partial charge is 0.0700 e. The first-order valence-corrected chi connectivity index (χ1v) is 6.13. The Labute approximate surface area is 88.2 Å². The summed E-state index contributed by atoms with van der Waals surface area (Å²) in [7, 11) is 0. The van der Waals surface area contributed by atoms with E-state index in [1.807, 2.05) is 6.92 Å². The highest BCUT2D eigenvalue weighted by Gasteiger charge is 2.24. The zero-order valence-electron chi connectivity index (χ0n) is 9.67. The van der Waals surface area contributed by atoms with Crippen molar-refractivity contribution < 1.29 is 4.74 Å². The molecule has 0 aromatic carbocycles.